The molecule has 2 N–H and O–H groups in total. The van der Waals surface area contributed by atoms with Gasteiger partial charge >= 0.3 is 0 Å². The maximum absolute atomic E-state index is 9.67. The van der Waals surface area contributed by atoms with E-state index in [0.717, 1.165) is 49.7 Å². The van der Waals surface area contributed by atoms with E-state index in [0.29, 0.717) is 11.6 Å². The topological polar surface area (TPSA) is 65.7 Å². The molecule has 0 unspecified atom stereocenters. The van der Waals surface area contributed by atoms with Crippen molar-refractivity contribution in [3.05, 3.63) is 47.2 Å². The number of aliphatic hydroxyl groups excluding tert-OH is 1. The Balaban J connectivity index is 1.67. The number of aromatic nitrogens is 2. The number of aliphatic imine (C=N–C) groups is 1. The molecule has 0 aliphatic carbocycles. The summed E-state index contributed by atoms with van der Waals surface area (Å²) < 4.78 is 1.82. The quantitative estimate of drug-likeness (QED) is 0.648. The van der Waals surface area contributed by atoms with Gasteiger partial charge in [0.05, 0.1) is 24.5 Å². The summed E-state index contributed by atoms with van der Waals surface area (Å²) in [6.07, 6.45) is 5.21. The smallest absolute Gasteiger partial charge is 0.194 e. The van der Waals surface area contributed by atoms with Crippen LogP contribution in [0.4, 0.5) is 0 Å². The molecular formula is C18H24ClN5O. The molecule has 6 nitrogen and oxygen atoms in total. The monoisotopic (exact) mass is 361 g/mol. The Bertz CT molecular complexity index is 705. The minimum absolute atomic E-state index is 0.184. The summed E-state index contributed by atoms with van der Waals surface area (Å²) >= 11 is 5.93. The maximum atomic E-state index is 9.67. The molecule has 1 aliphatic rings. The van der Waals surface area contributed by atoms with Crippen molar-refractivity contribution in [3.8, 4) is 5.69 Å². The second-order valence-electron chi connectivity index (χ2n) is 6.16. The lowest BCUT2D eigenvalue weighted by Gasteiger charge is -2.32. The molecule has 1 saturated heterocycles. The van der Waals surface area contributed by atoms with E-state index in [1.54, 1.807) is 0 Å². The summed E-state index contributed by atoms with van der Waals surface area (Å²) in [6, 6.07) is 7.58. The zero-order valence-electron chi connectivity index (χ0n) is 14.4. The number of likely N-dealkylation sites (tertiary alicyclic amines) is 1. The van der Waals surface area contributed by atoms with Gasteiger partial charge in [-0.1, -0.05) is 11.6 Å². The summed E-state index contributed by atoms with van der Waals surface area (Å²) in [6.45, 7) is 5.11. The largest absolute Gasteiger partial charge is 0.393 e. The Kier molecular flexibility index (Phi) is 5.94. The Morgan fingerprint density at radius 1 is 1.32 bits per heavy atom. The molecule has 1 aromatic heterocycles. The minimum atomic E-state index is -0.184. The molecule has 2 heterocycles. The average molecular weight is 362 g/mol. The predicted octanol–water partition coefficient (Wildman–Crippen LogP) is 2.45. The van der Waals surface area contributed by atoms with E-state index in [9.17, 15) is 5.11 Å². The zero-order chi connectivity index (χ0) is 17.6. The van der Waals surface area contributed by atoms with Gasteiger partial charge in [0.15, 0.2) is 5.96 Å². The fourth-order valence-corrected chi connectivity index (χ4v) is 2.97. The van der Waals surface area contributed by atoms with Gasteiger partial charge in [-0.2, -0.15) is 5.10 Å². The number of halogens is 1. The van der Waals surface area contributed by atoms with Crippen LogP contribution in [0.5, 0.6) is 0 Å². The van der Waals surface area contributed by atoms with Gasteiger partial charge in [0, 0.05) is 36.4 Å². The highest BCUT2D eigenvalue weighted by Gasteiger charge is 2.19. The molecule has 2 aromatic rings. The summed E-state index contributed by atoms with van der Waals surface area (Å²) in [5.74, 6) is 0.897. The van der Waals surface area contributed by atoms with E-state index in [-0.39, 0.29) is 6.10 Å². The van der Waals surface area contributed by atoms with Crippen LogP contribution in [0.25, 0.3) is 5.69 Å². The highest BCUT2D eigenvalue weighted by molar-refractivity contribution is 6.30. The van der Waals surface area contributed by atoms with Crippen molar-refractivity contribution in [3.63, 3.8) is 0 Å². The molecule has 1 aromatic carbocycles. The molecule has 25 heavy (non-hydrogen) atoms. The van der Waals surface area contributed by atoms with Crippen LogP contribution in [-0.2, 0) is 6.54 Å². The van der Waals surface area contributed by atoms with Gasteiger partial charge in [-0.3, -0.25) is 0 Å². The van der Waals surface area contributed by atoms with Crippen LogP contribution in [-0.4, -0.2) is 51.5 Å². The number of benzene rings is 1. The molecule has 3 rings (SSSR count). The molecule has 134 valence electrons. The summed E-state index contributed by atoms with van der Waals surface area (Å²) in [5, 5.41) is 18.1. The standard InChI is InChI=1S/C18H24ClN5O/c1-2-20-18(23-9-7-17(25)8-10-23)21-11-14-12-22-24(13-14)16-5-3-15(19)4-6-16/h3-6,12-13,17,25H,2,7-11H2,1H3,(H,20,21). The van der Waals surface area contributed by atoms with E-state index >= 15 is 0 Å². The van der Waals surface area contributed by atoms with Gasteiger partial charge in [-0.15, -0.1) is 0 Å². The van der Waals surface area contributed by atoms with Crippen molar-refractivity contribution in [2.75, 3.05) is 19.6 Å². The van der Waals surface area contributed by atoms with Crippen LogP contribution in [0.1, 0.15) is 25.3 Å². The van der Waals surface area contributed by atoms with E-state index in [1.807, 2.05) is 41.3 Å². The first-order valence-corrected chi connectivity index (χ1v) is 9.04. The summed E-state index contributed by atoms with van der Waals surface area (Å²) in [7, 11) is 0. The Morgan fingerprint density at radius 3 is 2.72 bits per heavy atom. The van der Waals surface area contributed by atoms with Crippen molar-refractivity contribution >= 4 is 17.6 Å². The molecule has 0 amide bonds. The van der Waals surface area contributed by atoms with E-state index in [4.69, 9.17) is 16.6 Å². The van der Waals surface area contributed by atoms with Crippen LogP contribution >= 0.6 is 11.6 Å². The van der Waals surface area contributed by atoms with Gasteiger partial charge in [-0.05, 0) is 44.0 Å². The van der Waals surface area contributed by atoms with Crippen LogP contribution in [0, 0.1) is 0 Å². The Hall–Kier alpha value is -2.05. The first-order valence-electron chi connectivity index (χ1n) is 8.66. The fraction of sp³-hybridized carbons (Fsp3) is 0.444. The van der Waals surface area contributed by atoms with Gasteiger partial charge in [0.25, 0.3) is 0 Å². The normalized spacial score (nSPS) is 16.3. The lowest BCUT2D eigenvalue weighted by molar-refractivity contribution is 0.108. The first-order chi connectivity index (χ1) is 12.2. The van der Waals surface area contributed by atoms with E-state index < -0.39 is 0 Å². The van der Waals surface area contributed by atoms with Gasteiger partial charge in [0.2, 0.25) is 0 Å². The lowest BCUT2D eigenvalue weighted by atomic mass is 10.1. The van der Waals surface area contributed by atoms with E-state index in [2.05, 4.69) is 22.2 Å². The number of guanidine groups is 1. The second-order valence-corrected chi connectivity index (χ2v) is 6.59. The minimum Gasteiger partial charge on any atom is -0.393 e. The number of aliphatic hydroxyl groups is 1. The van der Waals surface area contributed by atoms with Gasteiger partial charge < -0.3 is 15.3 Å². The van der Waals surface area contributed by atoms with Crippen molar-refractivity contribution in [2.45, 2.75) is 32.4 Å². The van der Waals surface area contributed by atoms with Gasteiger partial charge in [0.1, 0.15) is 0 Å². The molecule has 0 radical (unpaired) electrons. The molecule has 0 atom stereocenters. The number of nitrogens with one attached hydrogen (secondary N) is 1. The van der Waals surface area contributed by atoms with Crippen LogP contribution in [0.2, 0.25) is 5.02 Å². The molecule has 1 fully saturated rings. The summed E-state index contributed by atoms with van der Waals surface area (Å²) in [5.41, 5.74) is 2.01. The van der Waals surface area contributed by atoms with Gasteiger partial charge in [-0.25, -0.2) is 9.67 Å². The molecule has 0 bridgehead atoms. The van der Waals surface area contributed by atoms with Crippen LogP contribution in [0.3, 0.4) is 0 Å². The van der Waals surface area contributed by atoms with Crippen LogP contribution < -0.4 is 5.32 Å². The van der Waals surface area contributed by atoms with Crippen molar-refractivity contribution in [2.24, 2.45) is 4.99 Å². The number of hydrogen-bond donors (Lipinski definition) is 2. The molecule has 1 aliphatic heterocycles. The Morgan fingerprint density at radius 2 is 2.04 bits per heavy atom. The third-order valence-corrected chi connectivity index (χ3v) is 4.49. The molecular weight excluding hydrogens is 338 g/mol. The number of hydrogen-bond acceptors (Lipinski definition) is 3. The third-order valence-electron chi connectivity index (χ3n) is 4.24. The van der Waals surface area contributed by atoms with E-state index in [1.165, 1.54) is 0 Å². The number of rotatable bonds is 4. The third kappa shape index (κ3) is 4.74. The molecule has 7 heteroatoms. The highest BCUT2D eigenvalue weighted by atomic mass is 35.5. The average Bonchev–Trinajstić information content (AvgIpc) is 3.09. The maximum Gasteiger partial charge on any atom is 0.194 e. The number of piperidine rings is 1. The second kappa shape index (κ2) is 8.36. The molecule has 0 saturated carbocycles. The Labute approximate surface area is 153 Å². The van der Waals surface area contributed by atoms with Crippen molar-refractivity contribution < 1.29 is 5.11 Å². The lowest BCUT2D eigenvalue weighted by Crippen LogP contribution is -2.46. The zero-order valence-corrected chi connectivity index (χ0v) is 15.2. The molecule has 0 spiro atoms. The van der Waals surface area contributed by atoms with Crippen molar-refractivity contribution in [1.29, 1.82) is 0 Å². The first kappa shape index (κ1) is 17.8. The highest BCUT2D eigenvalue weighted by Crippen LogP contribution is 2.14. The number of nitrogens with zero attached hydrogens (tertiary/aromatic N) is 4. The fourth-order valence-electron chi connectivity index (χ4n) is 2.85. The van der Waals surface area contributed by atoms with Crippen molar-refractivity contribution in [1.82, 2.24) is 20.0 Å². The predicted molar refractivity (Wildman–Crippen MR) is 100 cm³/mol. The summed E-state index contributed by atoms with van der Waals surface area (Å²) in [4.78, 5) is 6.94. The SMILES string of the molecule is CCNC(=NCc1cnn(-c2ccc(Cl)cc2)c1)N1CCC(O)CC1. The van der Waals surface area contributed by atoms with Crippen LogP contribution in [0.15, 0.2) is 41.7 Å².